The SMILES string of the molecule is CC(NC(=O)c1cccc(C(=O)N2CCN(C)CC2)c1)c1cccc2ccccc12. The van der Waals surface area contributed by atoms with Gasteiger partial charge in [-0.15, -0.1) is 0 Å². The molecule has 0 spiro atoms. The topological polar surface area (TPSA) is 52.7 Å². The fraction of sp³-hybridized carbons (Fsp3) is 0.280. The lowest BCUT2D eigenvalue weighted by molar-refractivity contribution is 0.0664. The van der Waals surface area contributed by atoms with Crippen LogP contribution < -0.4 is 5.32 Å². The van der Waals surface area contributed by atoms with Gasteiger partial charge >= 0.3 is 0 Å². The van der Waals surface area contributed by atoms with Gasteiger partial charge < -0.3 is 15.1 Å². The highest BCUT2D eigenvalue weighted by Crippen LogP contribution is 2.24. The van der Waals surface area contributed by atoms with Crippen molar-refractivity contribution in [2.24, 2.45) is 0 Å². The number of fused-ring (bicyclic) bond motifs is 1. The van der Waals surface area contributed by atoms with E-state index in [0.29, 0.717) is 24.2 Å². The second-order valence-electron chi connectivity index (χ2n) is 7.94. The molecule has 1 aliphatic heterocycles. The van der Waals surface area contributed by atoms with Crippen molar-refractivity contribution in [3.63, 3.8) is 0 Å². The Morgan fingerprint density at radius 1 is 0.867 bits per heavy atom. The fourth-order valence-electron chi connectivity index (χ4n) is 3.97. The van der Waals surface area contributed by atoms with Gasteiger partial charge in [0.05, 0.1) is 6.04 Å². The molecule has 0 aliphatic carbocycles. The van der Waals surface area contributed by atoms with Crippen molar-refractivity contribution in [1.82, 2.24) is 15.1 Å². The zero-order valence-corrected chi connectivity index (χ0v) is 17.5. The van der Waals surface area contributed by atoms with Crippen LogP contribution in [0.1, 0.15) is 39.2 Å². The Hall–Kier alpha value is -3.18. The molecule has 5 heteroatoms. The highest BCUT2D eigenvalue weighted by molar-refractivity contribution is 6.00. The van der Waals surface area contributed by atoms with Gasteiger partial charge in [0.1, 0.15) is 0 Å². The quantitative estimate of drug-likeness (QED) is 0.725. The van der Waals surface area contributed by atoms with Crippen LogP contribution in [-0.4, -0.2) is 54.8 Å². The first-order valence-electron chi connectivity index (χ1n) is 10.4. The van der Waals surface area contributed by atoms with Crippen LogP contribution >= 0.6 is 0 Å². The molecule has 3 aromatic rings. The van der Waals surface area contributed by atoms with E-state index in [4.69, 9.17) is 0 Å². The van der Waals surface area contributed by atoms with E-state index in [9.17, 15) is 9.59 Å². The van der Waals surface area contributed by atoms with E-state index in [0.717, 1.165) is 29.4 Å². The Bertz CT molecular complexity index is 1070. The van der Waals surface area contributed by atoms with Crippen LogP contribution in [0.25, 0.3) is 10.8 Å². The summed E-state index contributed by atoms with van der Waals surface area (Å²) in [6.07, 6.45) is 0. The van der Waals surface area contributed by atoms with Crippen molar-refractivity contribution in [3.8, 4) is 0 Å². The molecule has 1 unspecified atom stereocenters. The van der Waals surface area contributed by atoms with Gasteiger partial charge in [0.2, 0.25) is 0 Å². The monoisotopic (exact) mass is 401 g/mol. The zero-order chi connectivity index (χ0) is 21.1. The average Bonchev–Trinajstić information content (AvgIpc) is 2.78. The molecule has 1 heterocycles. The van der Waals surface area contributed by atoms with Gasteiger partial charge in [0.25, 0.3) is 11.8 Å². The summed E-state index contributed by atoms with van der Waals surface area (Å²) in [5.74, 6) is -0.191. The summed E-state index contributed by atoms with van der Waals surface area (Å²) in [5, 5.41) is 5.37. The van der Waals surface area contributed by atoms with E-state index < -0.39 is 0 Å². The lowest BCUT2D eigenvalue weighted by Gasteiger charge is -2.32. The number of rotatable bonds is 4. The van der Waals surface area contributed by atoms with E-state index in [2.05, 4.69) is 35.5 Å². The maximum absolute atomic E-state index is 12.9. The number of hydrogen-bond donors (Lipinski definition) is 1. The Labute approximate surface area is 177 Å². The smallest absolute Gasteiger partial charge is 0.253 e. The first-order valence-corrected chi connectivity index (χ1v) is 10.4. The second-order valence-corrected chi connectivity index (χ2v) is 7.94. The molecule has 2 amide bonds. The molecule has 0 aromatic heterocycles. The number of benzene rings is 3. The highest BCUT2D eigenvalue weighted by Gasteiger charge is 2.21. The molecule has 0 radical (unpaired) electrons. The lowest BCUT2D eigenvalue weighted by Crippen LogP contribution is -2.47. The number of carbonyl (C=O) groups is 2. The molecule has 3 aromatic carbocycles. The van der Waals surface area contributed by atoms with Crippen molar-refractivity contribution < 1.29 is 9.59 Å². The first kappa shape index (κ1) is 20.1. The van der Waals surface area contributed by atoms with Gasteiger partial charge in [-0.1, -0.05) is 48.5 Å². The molecule has 5 nitrogen and oxygen atoms in total. The summed E-state index contributed by atoms with van der Waals surface area (Å²) >= 11 is 0. The minimum Gasteiger partial charge on any atom is -0.345 e. The van der Waals surface area contributed by atoms with Gasteiger partial charge in [-0.05, 0) is 48.5 Å². The van der Waals surface area contributed by atoms with Crippen LogP contribution in [0.5, 0.6) is 0 Å². The lowest BCUT2D eigenvalue weighted by atomic mass is 9.99. The Morgan fingerprint density at radius 3 is 2.33 bits per heavy atom. The predicted molar refractivity (Wildman–Crippen MR) is 120 cm³/mol. The third-order valence-corrected chi connectivity index (χ3v) is 5.80. The summed E-state index contributed by atoms with van der Waals surface area (Å²) in [5.41, 5.74) is 2.14. The van der Waals surface area contributed by atoms with Crippen LogP contribution in [0, 0.1) is 0 Å². The zero-order valence-electron chi connectivity index (χ0n) is 17.5. The van der Waals surface area contributed by atoms with Gasteiger partial charge in [-0.3, -0.25) is 9.59 Å². The van der Waals surface area contributed by atoms with Crippen LogP contribution in [0.15, 0.2) is 66.7 Å². The predicted octanol–water partition coefficient (Wildman–Crippen LogP) is 3.72. The molecule has 0 bridgehead atoms. The number of nitrogens with zero attached hydrogens (tertiary/aromatic N) is 2. The van der Waals surface area contributed by atoms with Gasteiger partial charge in [0.15, 0.2) is 0 Å². The van der Waals surface area contributed by atoms with Crippen molar-refractivity contribution in [2.75, 3.05) is 33.2 Å². The third-order valence-electron chi connectivity index (χ3n) is 5.80. The maximum Gasteiger partial charge on any atom is 0.253 e. The summed E-state index contributed by atoms with van der Waals surface area (Å²) in [6, 6.07) is 21.2. The summed E-state index contributed by atoms with van der Waals surface area (Å²) in [7, 11) is 2.06. The Balaban J connectivity index is 1.50. The molecule has 1 aliphatic rings. The van der Waals surface area contributed by atoms with Crippen LogP contribution in [0.3, 0.4) is 0 Å². The maximum atomic E-state index is 12.9. The molecule has 154 valence electrons. The van der Waals surface area contributed by atoms with E-state index in [1.165, 1.54) is 0 Å². The van der Waals surface area contributed by atoms with E-state index in [1.54, 1.807) is 24.3 Å². The average molecular weight is 402 g/mol. The number of nitrogens with one attached hydrogen (secondary N) is 1. The molecule has 4 rings (SSSR count). The van der Waals surface area contributed by atoms with E-state index in [1.807, 2.05) is 36.1 Å². The van der Waals surface area contributed by atoms with Crippen LogP contribution in [0.4, 0.5) is 0 Å². The summed E-state index contributed by atoms with van der Waals surface area (Å²) in [4.78, 5) is 29.8. The standard InChI is InChI=1S/C25H27N3O2/c1-18(22-12-6-8-19-7-3-4-11-23(19)22)26-24(29)20-9-5-10-21(17-20)25(30)28-15-13-27(2)14-16-28/h3-12,17-18H,13-16H2,1-2H3,(H,26,29). The minimum absolute atomic E-state index is 0.0140. The van der Waals surface area contributed by atoms with Crippen LogP contribution in [0.2, 0.25) is 0 Å². The Morgan fingerprint density at radius 2 is 1.53 bits per heavy atom. The molecule has 30 heavy (non-hydrogen) atoms. The van der Waals surface area contributed by atoms with Crippen molar-refractivity contribution in [1.29, 1.82) is 0 Å². The number of amides is 2. The number of likely N-dealkylation sites (N-methyl/N-ethyl adjacent to an activating group) is 1. The molecule has 1 saturated heterocycles. The molecule has 1 N–H and O–H groups in total. The molecule has 0 saturated carbocycles. The number of carbonyl (C=O) groups excluding carboxylic acids is 2. The van der Waals surface area contributed by atoms with E-state index in [-0.39, 0.29) is 17.9 Å². The first-order chi connectivity index (χ1) is 14.5. The molecular formula is C25H27N3O2. The Kier molecular flexibility index (Phi) is 5.81. The normalized spacial score (nSPS) is 15.7. The van der Waals surface area contributed by atoms with Gasteiger partial charge in [0, 0.05) is 37.3 Å². The highest BCUT2D eigenvalue weighted by atomic mass is 16.2. The largest absolute Gasteiger partial charge is 0.345 e. The van der Waals surface area contributed by atoms with Crippen molar-refractivity contribution in [2.45, 2.75) is 13.0 Å². The van der Waals surface area contributed by atoms with Crippen molar-refractivity contribution in [3.05, 3.63) is 83.4 Å². The number of hydrogen-bond acceptors (Lipinski definition) is 3. The van der Waals surface area contributed by atoms with Crippen molar-refractivity contribution >= 4 is 22.6 Å². The second kappa shape index (κ2) is 8.67. The summed E-state index contributed by atoms with van der Waals surface area (Å²) < 4.78 is 0. The third kappa shape index (κ3) is 4.21. The number of piperazine rings is 1. The summed E-state index contributed by atoms with van der Waals surface area (Å²) in [6.45, 7) is 5.15. The van der Waals surface area contributed by atoms with E-state index >= 15 is 0 Å². The molecular weight excluding hydrogens is 374 g/mol. The molecule has 1 fully saturated rings. The van der Waals surface area contributed by atoms with Gasteiger partial charge in [-0.2, -0.15) is 0 Å². The molecule has 1 atom stereocenters. The van der Waals surface area contributed by atoms with Crippen LogP contribution in [-0.2, 0) is 0 Å². The fourth-order valence-corrected chi connectivity index (χ4v) is 3.97. The van der Waals surface area contributed by atoms with Gasteiger partial charge in [-0.25, -0.2) is 0 Å². The minimum atomic E-state index is -0.177.